The van der Waals surface area contributed by atoms with Crippen LogP contribution in [0.3, 0.4) is 0 Å². The van der Waals surface area contributed by atoms with Gasteiger partial charge in [-0.1, -0.05) is 17.3 Å². The second kappa shape index (κ2) is 6.28. The Morgan fingerprint density at radius 1 is 1.25 bits per heavy atom. The first-order chi connectivity index (χ1) is 9.70. The van der Waals surface area contributed by atoms with Crippen molar-refractivity contribution in [3.8, 4) is 0 Å². The van der Waals surface area contributed by atoms with Gasteiger partial charge in [-0.15, -0.1) is 0 Å². The van der Waals surface area contributed by atoms with Crippen LogP contribution in [0.1, 0.15) is 21.6 Å². The number of carbonyl (C=O) groups excluding carboxylic acids is 1. The quantitative estimate of drug-likeness (QED) is 0.324. The Bertz CT molecular complexity index is 610. The number of amides is 1. The molecule has 1 amide bonds. The minimum absolute atomic E-state index is 0.00322. The van der Waals surface area contributed by atoms with Crippen molar-refractivity contribution in [2.75, 3.05) is 0 Å². The predicted molar refractivity (Wildman–Crippen MR) is 72.2 cm³/mol. The van der Waals surface area contributed by atoms with Crippen molar-refractivity contribution in [1.29, 1.82) is 0 Å². The van der Waals surface area contributed by atoms with Crippen LogP contribution >= 0.6 is 0 Å². The van der Waals surface area contributed by atoms with Crippen LogP contribution in [-0.2, 0) is 6.54 Å². The second-order valence-corrected chi connectivity index (χ2v) is 3.96. The molecule has 0 saturated carbocycles. The van der Waals surface area contributed by atoms with Gasteiger partial charge in [0.05, 0.1) is 12.2 Å². The van der Waals surface area contributed by atoms with Gasteiger partial charge in [-0.05, 0) is 24.3 Å². The van der Waals surface area contributed by atoms with E-state index in [2.05, 4.69) is 20.7 Å². The molecule has 0 spiro atoms. The highest BCUT2D eigenvalue weighted by molar-refractivity contribution is 5.99. The van der Waals surface area contributed by atoms with E-state index in [0.717, 1.165) is 0 Å². The third kappa shape index (κ3) is 3.29. The maximum atomic E-state index is 11.9. The van der Waals surface area contributed by atoms with Crippen LogP contribution in [0, 0.1) is 0 Å². The summed E-state index contributed by atoms with van der Waals surface area (Å²) in [4.78, 5) is 11.9. The van der Waals surface area contributed by atoms with Crippen molar-refractivity contribution < 1.29 is 10.0 Å². The molecule has 1 aromatic carbocycles. The molecule has 0 saturated heterocycles. The number of hydrogen-bond acceptors (Lipinski definition) is 5. The van der Waals surface area contributed by atoms with E-state index in [4.69, 9.17) is 10.9 Å². The van der Waals surface area contributed by atoms with Crippen LogP contribution in [0.4, 0.5) is 0 Å². The van der Waals surface area contributed by atoms with Crippen LogP contribution < -0.4 is 11.1 Å². The maximum absolute atomic E-state index is 11.9. The molecule has 4 N–H and O–H groups in total. The van der Waals surface area contributed by atoms with Gasteiger partial charge in [0, 0.05) is 17.3 Å². The Hall–Kier alpha value is -2.96. The molecule has 0 bridgehead atoms. The second-order valence-electron chi connectivity index (χ2n) is 3.96. The minimum atomic E-state index is -0.235. The summed E-state index contributed by atoms with van der Waals surface area (Å²) in [6.07, 6.45) is 1.57. The molecule has 1 aromatic heterocycles. The Morgan fingerprint density at radius 3 is 2.55 bits per heavy atom. The van der Waals surface area contributed by atoms with Gasteiger partial charge in [0.15, 0.2) is 5.84 Å². The Balaban J connectivity index is 1.99. The van der Waals surface area contributed by atoms with E-state index in [9.17, 15) is 4.79 Å². The Morgan fingerprint density at radius 2 is 1.95 bits per heavy atom. The van der Waals surface area contributed by atoms with Crippen LogP contribution in [0.2, 0.25) is 0 Å². The van der Waals surface area contributed by atoms with Gasteiger partial charge in [-0.25, -0.2) is 0 Å². The van der Waals surface area contributed by atoms with Gasteiger partial charge in [0.2, 0.25) is 0 Å². The standard InChI is InChI=1S/C13H13N5O2/c14-12(18-20)9-3-5-10(6-4-9)13(19)15-8-11-2-1-7-16-17-11/h1-7,20H,8H2,(H2,14,18)(H,15,19). The van der Waals surface area contributed by atoms with E-state index in [1.165, 1.54) is 0 Å². The molecule has 0 unspecified atom stereocenters. The van der Waals surface area contributed by atoms with E-state index < -0.39 is 0 Å². The van der Waals surface area contributed by atoms with Gasteiger partial charge in [-0.3, -0.25) is 4.79 Å². The summed E-state index contributed by atoms with van der Waals surface area (Å²) in [6, 6.07) is 9.92. The lowest BCUT2D eigenvalue weighted by Gasteiger charge is -2.05. The molecule has 7 nitrogen and oxygen atoms in total. The van der Waals surface area contributed by atoms with Gasteiger partial charge in [0.25, 0.3) is 5.91 Å². The lowest BCUT2D eigenvalue weighted by atomic mass is 10.1. The minimum Gasteiger partial charge on any atom is -0.409 e. The van der Waals surface area contributed by atoms with Crippen molar-refractivity contribution in [3.63, 3.8) is 0 Å². The lowest BCUT2D eigenvalue weighted by Crippen LogP contribution is -2.23. The number of hydrogen-bond donors (Lipinski definition) is 3. The van der Waals surface area contributed by atoms with E-state index in [1.807, 2.05) is 0 Å². The predicted octanol–water partition coefficient (Wildman–Crippen LogP) is 0.501. The molecule has 1 heterocycles. The van der Waals surface area contributed by atoms with Gasteiger partial charge in [0.1, 0.15) is 0 Å². The summed E-state index contributed by atoms with van der Waals surface area (Å²) in [5, 5.41) is 21.8. The van der Waals surface area contributed by atoms with E-state index >= 15 is 0 Å². The number of benzene rings is 1. The molecule has 20 heavy (non-hydrogen) atoms. The number of amidine groups is 1. The van der Waals surface area contributed by atoms with E-state index in [-0.39, 0.29) is 11.7 Å². The number of nitrogens with one attached hydrogen (secondary N) is 1. The van der Waals surface area contributed by atoms with Crippen molar-refractivity contribution in [1.82, 2.24) is 15.5 Å². The number of nitrogens with zero attached hydrogens (tertiary/aromatic N) is 3. The van der Waals surface area contributed by atoms with E-state index in [0.29, 0.717) is 23.4 Å². The largest absolute Gasteiger partial charge is 0.409 e. The molecule has 0 aliphatic rings. The van der Waals surface area contributed by atoms with Gasteiger partial charge < -0.3 is 16.3 Å². The third-order valence-electron chi connectivity index (χ3n) is 2.61. The molecule has 0 aliphatic carbocycles. The molecule has 2 rings (SSSR count). The molecular formula is C13H13N5O2. The summed E-state index contributed by atoms with van der Waals surface area (Å²) >= 11 is 0. The number of carbonyl (C=O) groups is 1. The third-order valence-corrected chi connectivity index (χ3v) is 2.61. The lowest BCUT2D eigenvalue weighted by molar-refractivity contribution is 0.0950. The highest BCUT2D eigenvalue weighted by Crippen LogP contribution is 2.04. The zero-order valence-corrected chi connectivity index (χ0v) is 10.5. The van der Waals surface area contributed by atoms with Crippen molar-refractivity contribution in [2.24, 2.45) is 10.9 Å². The van der Waals surface area contributed by atoms with E-state index in [1.54, 1.807) is 42.6 Å². The van der Waals surface area contributed by atoms with Crippen LogP contribution in [0.25, 0.3) is 0 Å². The first-order valence-electron chi connectivity index (χ1n) is 5.83. The Labute approximate surface area is 115 Å². The van der Waals surface area contributed by atoms with Crippen LogP contribution in [0.5, 0.6) is 0 Å². The zero-order valence-electron chi connectivity index (χ0n) is 10.5. The number of rotatable bonds is 4. The summed E-state index contributed by atoms with van der Waals surface area (Å²) in [6.45, 7) is 0.300. The number of nitrogens with two attached hydrogens (primary N) is 1. The fraction of sp³-hybridized carbons (Fsp3) is 0.0769. The summed E-state index contributed by atoms with van der Waals surface area (Å²) in [5.41, 5.74) is 7.13. The zero-order chi connectivity index (χ0) is 14.4. The molecular weight excluding hydrogens is 258 g/mol. The average molecular weight is 271 g/mol. The maximum Gasteiger partial charge on any atom is 0.251 e. The molecule has 0 aliphatic heterocycles. The van der Waals surface area contributed by atoms with Crippen LogP contribution in [-0.4, -0.2) is 27.1 Å². The molecule has 0 atom stereocenters. The highest BCUT2D eigenvalue weighted by atomic mass is 16.4. The molecule has 0 radical (unpaired) electrons. The average Bonchev–Trinajstić information content (AvgIpc) is 2.53. The molecule has 2 aromatic rings. The first-order valence-corrected chi connectivity index (χ1v) is 5.83. The first kappa shape index (κ1) is 13.5. The van der Waals surface area contributed by atoms with Gasteiger partial charge >= 0.3 is 0 Å². The fourth-order valence-corrected chi connectivity index (χ4v) is 1.55. The van der Waals surface area contributed by atoms with Gasteiger partial charge in [-0.2, -0.15) is 10.2 Å². The summed E-state index contributed by atoms with van der Waals surface area (Å²) in [5.74, 6) is -0.238. The summed E-state index contributed by atoms with van der Waals surface area (Å²) < 4.78 is 0. The topological polar surface area (TPSA) is 113 Å². The fourth-order valence-electron chi connectivity index (χ4n) is 1.55. The van der Waals surface area contributed by atoms with Crippen molar-refractivity contribution >= 4 is 11.7 Å². The molecule has 0 fully saturated rings. The Kier molecular flexibility index (Phi) is 4.23. The smallest absolute Gasteiger partial charge is 0.251 e. The SMILES string of the molecule is N/C(=N/O)c1ccc(C(=O)NCc2cccnn2)cc1. The normalized spacial score (nSPS) is 11.1. The van der Waals surface area contributed by atoms with Crippen molar-refractivity contribution in [3.05, 3.63) is 59.4 Å². The molecule has 7 heteroatoms. The molecule has 102 valence electrons. The summed E-state index contributed by atoms with van der Waals surface area (Å²) in [7, 11) is 0. The number of aromatic nitrogens is 2. The monoisotopic (exact) mass is 271 g/mol. The number of oxime groups is 1. The van der Waals surface area contributed by atoms with Crippen molar-refractivity contribution in [2.45, 2.75) is 6.54 Å². The van der Waals surface area contributed by atoms with Crippen LogP contribution in [0.15, 0.2) is 47.8 Å². The highest BCUT2D eigenvalue weighted by Gasteiger charge is 2.06.